The van der Waals surface area contributed by atoms with Crippen LogP contribution in [0.2, 0.25) is 0 Å². The fourth-order valence-corrected chi connectivity index (χ4v) is 5.47. The molecule has 148 valence electrons. The highest BCUT2D eigenvalue weighted by Crippen LogP contribution is 2.34. The van der Waals surface area contributed by atoms with E-state index in [1.54, 1.807) is 23.5 Å². The average molecular weight is 489 g/mol. The van der Waals surface area contributed by atoms with Crippen LogP contribution in [0.15, 0.2) is 62.6 Å². The van der Waals surface area contributed by atoms with Gasteiger partial charge < -0.3 is 10.3 Å². The number of sulfonamides is 1. The highest BCUT2D eigenvalue weighted by atomic mass is 79.9. The molecule has 9 heteroatoms. The zero-order chi connectivity index (χ0) is 20.0. The minimum Gasteiger partial charge on any atom is -0.325 e. The molecular formula is C20H17BrN4O2S2. The number of aromatic amines is 1. The van der Waals surface area contributed by atoms with Crippen LogP contribution in [0.4, 0.5) is 11.6 Å². The van der Waals surface area contributed by atoms with Crippen molar-refractivity contribution in [3.63, 3.8) is 0 Å². The zero-order valence-electron chi connectivity index (χ0n) is 15.1. The van der Waals surface area contributed by atoms with Crippen LogP contribution >= 0.6 is 27.3 Å². The molecular weight excluding hydrogens is 472 g/mol. The first-order valence-electron chi connectivity index (χ1n) is 9.09. The molecule has 0 aliphatic heterocycles. The molecule has 2 aromatic carbocycles. The van der Waals surface area contributed by atoms with Gasteiger partial charge in [-0.2, -0.15) is 11.3 Å². The largest absolute Gasteiger partial charge is 0.325 e. The number of hydrogen-bond donors (Lipinski definition) is 3. The third-order valence-electron chi connectivity index (χ3n) is 4.73. The van der Waals surface area contributed by atoms with E-state index in [-0.39, 0.29) is 10.9 Å². The van der Waals surface area contributed by atoms with Gasteiger partial charge in [0.15, 0.2) is 0 Å². The SMILES string of the molecule is O=S(=O)(NC1CC1)c1ccc(-c2ccsc2)c(Nc2nc3ccc(Br)cc3[nH]2)c1. The Morgan fingerprint density at radius 3 is 2.76 bits per heavy atom. The molecule has 3 N–H and O–H groups in total. The van der Waals surface area contributed by atoms with E-state index in [9.17, 15) is 8.42 Å². The maximum absolute atomic E-state index is 12.7. The first kappa shape index (κ1) is 18.8. The van der Waals surface area contributed by atoms with Crippen molar-refractivity contribution in [2.24, 2.45) is 0 Å². The van der Waals surface area contributed by atoms with Crippen molar-refractivity contribution in [3.05, 3.63) is 57.7 Å². The van der Waals surface area contributed by atoms with Crippen LogP contribution < -0.4 is 10.0 Å². The van der Waals surface area contributed by atoms with E-state index in [1.807, 2.05) is 41.1 Å². The van der Waals surface area contributed by atoms with Gasteiger partial charge in [-0.25, -0.2) is 18.1 Å². The smallest absolute Gasteiger partial charge is 0.240 e. The minimum absolute atomic E-state index is 0.0572. The molecule has 2 heterocycles. The quantitative estimate of drug-likeness (QED) is 0.346. The highest BCUT2D eigenvalue weighted by molar-refractivity contribution is 9.10. The number of nitrogens with one attached hydrogen (secondary N) is 3. The summed E-state index contributed by atoms with van der Waals surface area (Å²) in [6.45, 7) is 0. The second-order valence-electron chi connectivity index (χ2n) is 6.99. The van der Waals surface area contributed by atoms with E-state index in [1.165, 1.54) is 0 Å². The number of benzene rings is 2. The van der Waals surface area contributed by atoms with Crippen molar-refractivity contribution >= 4 is 60.0 Å². The van der Waals surface area contributed by atoms with Crippen molar-refractivity contribution in [1.82, 2.24) is 14.7 Å². The molecule has 0 radical (unpaired) electrons. The van der Waals surface area contributed by atoms with E-state index < -0.39 is 10.0 Å². The summed E-state index contributed by atoms with van der Waals surface area (Å²) in [6, 6.07) is 13.0. The van der Waals surface area contributed by atoms with Crippen molar-refractivity contribution in [2.45, 2.75) is 23.8 Å². The number of anilines is 2. The van der Waals surface area contributed by atoms with Crippen molar-refractivity contribution in [2.75, 3.05) is 5.32 Å². The molecule has 0 bridgehead atoms. The van der Waals surface area contributed by atoms with Gasteiger partial charge in [0, 0.05) is 16.1 Å². The number of thiophene rings is 1. The molecule has 0 unspecified atom stereocenters. The van der Waals surface area contributed by atoms with Gasteiger partial charge in [0.1, 0.15) is 0 Å². The number of H-pyrrole nitrogens is 1. The summed E-state index contributed by atoms with van der Waals surface area (Å²) in [5.74, 6) is 0.555. The fraction of sp³-hybridized carbons (Fsp3) is 0.150. The van der Waals surface area contributed by atoms with Crippen molar-refractivity contribution in [3.8, 4) is 11.1 Å². The van der Waals surface area contributed by atoms with Crippen LogP contribution in [0.1, 0.15) is 12.8 Å². The van der Waals surface area contributed by atoms with Gasteiger partial charge in [-0.15, -0.1) is 0 Å². The zero-order valence-corrected chi connectivity index (χ0v) is 18.4. The van der Waals surface area contributed by atoms with Gasteiger partial charge in [-0.05, 0) is 65.6 Å². The number of hydrogen-bond acceptors (Lipinski definition) is 5. The molecule has 2 aromatic heterocycles. The van der Waals surface area contributed by atoms with Crippen LogP contribution in [0.25, 0.3) is 22.2 Å². The predicted molar refractivity (Wildman–Crippen MR) is 120 cm³/mol. The topological polar surface area (TPSA) is 86.9 Å². The lowest BCUT2D eigenvalue weighted by Gasteiger charge is -2.13. The number of nitrogens with zero attached hydrogens (tertiary/aromatic N) is 1. The van der Waals surface area contributed by atoms with Crippen molar-refractivity contribution < 1.29 is 8.42 Å². The van der Waals surface area contributed by atoms with E-state index in [2.05, 4.69) is 35.9 Å². The van der Waals surface area contributed by atoms with Gasteiger partial charge >= 0.3 is 0 Å². The maximum atomic E-state index is 12.7. The standard InChI is InChI=1S/C20H17BrN4O2S2/c21-13-1-6-17-19(9-13)24-20(22-17)23-18-10-15(29(26,27)25-14-2-3-14)4-5-16(18)12-7-8-28-11-12/h1,4-11,14,25H,2-3H2,(H2,22,23,24). The van der Waals surface area contributed by atoms with Crippen LogP contribution in [0.5, 0.6) is 0 Å². The molecule has 0 spiro atoms. The van der Waals surface area contributed by atoms with E-state index in [0.717, 1.165) is 39.5 Å². The molecule has 6 nitrogen and oxygen atoms in total. The Bertz CT molecular complexity index is 1300. The summed E-state index contributed by atoms with van der Waals surface area (Å²) < 4.78 is 29.1. The molecule has 29 heavy (non-hydrogen) atoms. The highest BCUT2D eigenvalue weighted by Gasteiger charge is 2.28. The van der Waals surface area contributed by atoms with Crippen LogP contribution in [-0.2, 0) is 10.0 Å². The predicted octanol–water partition coefficient (Wildman–Crippen LogP) is 5.24. The van der Waals surface area contributed by atoms with Gasteiger partial charge in [-0.1, -0.05) is 22.0 Å². The van der Waals surface area contributed by atoms with E-state index in [4.69, 9.17) is 0 Å². The van der Waals surface area contributed by atoms with Gasteiger partial charge in [0.2, 0.25) is 16.0 Å². The lowest BCUT2D eigenvalue weighted by atomic mass is 10.1. The van der Waals surface area contributed by atoms with E-state index >= 15 is 0 Å². The maximum Gasteiger partial charge on any atom is 0.240 e. The Hall–Kier alpha value is -2.20. The Balaban J connectivity index is 1.56. The summed E-state index contributed by atoms with van der Waals surface area (Å²) in [6.07, 6.45) is 1.79. The second kappa shape index (κ2) is 7.24. The summed E-state index contributed by atoms with van der Waals surface area (Å²) in [5, 5.41) is 7.31. The minimum atomic E-state index is -3.55. The monoisotopic (exact) mass is 488 g/mol. The summed E-state index contributed by atoms with van der Waals surface area (Å²) >= 11 is 5.06. The molecule has 0 atom stereocenters. The van der Waals surface area contributed by atoms with Crippen LogP contribution in [0.3, 0.4) is 0 Å². The molecule has 1 fully saturated rings. The molecule has 0 saturated heterocycles. The van der Waals surface area contributed by atoms with Gasteiger partial charge in [-0.3, -0.25) is 0 Å². The molecule has 1 saturated carbocycles. The Kier molecular flexibility index (Phi) is 4.70. The lowest BCUT2D eigenvalue weighted by Crippen LogP contribution is -2.25. The average Bonchev–Trinajstić information content (AvgIpc) is 3.17. The molecule has 1 aliphatic carbocycles. The number of halogens is 1. The first-order valence-corrected chi connectivity index (χ1v) is 12.3. The van der Waals surface area contributed by atoms with E-state index in [0.29, 0.717) is 11.6 Å². The second-order valence-corrected chi connectivity index (χ2v) is 10.4. The Morgan fingerprint density at radius 2 is 2.00 bits per heavy atom. The fourth-order valence-electron chi connectivity index (χ4n) is 3.12. The number of imidazole rings is 1. The van der Waals surface area contributed by atoms with Crippen LogP contribution in [0, 0.1) is 0 Å². The molecule has 0 amide bonds. The number of aromatic nitrogens is 2. The first-order chi connectivity index (χ1) is 14.0. The summed E-state index contributed by atoms with van der Waals surface area (Å²) in [4.78, 5) is 8.06. The third kappa shape index (κ3) is 3.95. The number of fused-ring (bicyclic) bond motifs is 1. The summed E-state index contributed by atoms with van der Waals surface area (Å²) in [7, 11) is -3.55. The molecule has 4 aromatic rings. The van der Waals surface area contributed by atoms with Crippen molar-refractivity contribution in [1.29, 1.82) is 0 Å². The molecule has 1 aliphatic rings. The number of rotatable bonds is 6. The normalized spacial score (nSPS) is 14.4. The lowest BCUT2D eigenvalue weighted by molar-refractivity contribution is 0.581. The van der Waals surface area contributed by atoms with Crippen LogP contribution in [-0.4, -0.2) is 24.4 Å². The molecule has 5 rings (SSSR count). The van der Waals surface area contributed by atoms with Gasteiger partial charge in [0.05, 0.1) is 21.6 Å². The van der Waals surface area contributed by atoms with Gasteiger partial charge in [0.25, 0.3) is 0 Å². The Morgan fingerprint density at radius 1 is 1.14 bits per heavy atom. The third-order valence-corrected chi connectivity index (χ3v) is 7.42. The Labute approximate surface area is 180 Å². The summed E-state index contributed by atoms with van der Waals surface area (Å²) in [5.41, 5.74) is 4.33.